The van der Waals surface area contributed by atoms with E-state index >= 15 is 0 Å². The zero-order valence-electron chi connectivity index (χ0n) is 11.5. The van der Waals surface area contributed by atoms with Gasteiger partial charge in [-0.2, -0.15) is 0 Å². The Morgan fingerprint density at radius 3 is 2.85 bits per heavy atom. The highest BCUT2D eigenvalue weighted by Crippen LogP contribution is 2.17. The van der Waals surface area contributed by atoms with Crippen molar-refractivity contribution in [2.75, 3.05) is 26.3 Å². The highest BCUT2D eigenvalue weighted by molar-refractivity contribution is 6.31. The average molecular weight is 319 g/mol. The Hall–Kier alpha value is -0.810. The summed E-state index contributed by atoms with van der Waals surface area (Å²) >= 11 is 6.14. The molecule has 1 saturated heterocycles. The van der Waals surface area contributed by atoms with E-state index in [4.69, 9.17) is 16.3 Å². The van der Waals surface area contributed by atoms with Gasteiger partial charge in [0.2, 0.25) is 5.91 Å². The standard InChI is InChI=1S/C14H19ClN2O2.ClH/c1-2-17(9-11-5-3-4-6-12(11)15)14(18)13-10-19-8-7-16-13;/h3-6,13,16H,2,7-10H2,1H3;1H. The van der Waals surface area contributed by atoms with Crippen molar-refractivity contribution >= 4 is 29.9 Å². The second-order valence-corrected chi connectivity index (χ2v) is 4.93. The summed E-state index contributed by atoms with van der Waals surface area (Å²) in [5.41, 5.74) is 0.969. The number of likely N-dealkylation sites (N-methyl/N-ethyl adjacent to an activating group) is 1. The third-order valence-corrected chi connectivity index (χ3v) is 3.60. The van der Waals surface area contributed by atoms with Gasteiger partial charge in [0.05, 0.1) is 13.2 Å². The van der Waals surface area contributed by atoms with E-state index in [0.29, 0.717) is 31.3 Å². The summed E-state index contributed by atoms with van der Waals surface area (Å²) in [4.78, 5) is 14.2. The van der Waals surface area contributed by atoms with Crippen LogP contribution in [0.25, 0.3) is 0 Å². The van der Waals surface area contributed by atoms with E-state index in [-0.39, 0.29) is 24.4 Å². The van der Waals surface area contributed by atoms with E-state index in [1.165, 1.54) is 0 Å². The molecule has 0 saturated carbocycles. The molecule has 6 heteroatoms. The van der Waals surface area contributed by atoms with Gasteiger partial charge in [-0.1, -0.05) is 29.8 Å². The lowest BCUT2D eigenvalue weighted by Gasteiger charge is -2.29. The molecule has 1 aromatic rings. The van der Waals surface area contributed by atoms with Crippen LogP contribution in [0.5, 0.6) is 0 Å². The van der Waals surface area contributed by atoms with Gasteiger partial charge in [-0.15, -0.1) is 12.4 Å². The first kappa shape index (κ1) is 17.2. The molecule has 1 amide bonds. The molecular formula is C14H20Cl2N2O2. The van der Waals surface area contributed by atoms with Crippen LogP contribution >= 0.6 is 24.0 Å². The van der Waals surface area contributed by atoms with E-state index < -0.39 is 0 Å². The maximum absolute atomic E-state index is 12.4. The Balaban J connectivity index is 0.00000200. The molecule has 1 unspecified atom stereocenters. The summed E-state index contributed by atoms with van der Waals surface area (Å²) < 4.78 is 5.34. The maximum Gasteiger partial charge on any atom is 0.242 e. The quantitative estimate of drug-likeness (QED) is 0.924. The molecule has 1 aliphatic heterocycles. The Bertz CT molecular complexity index is 437. The first-order valence-corrected chi connectivity index (χ1v) is 6.93. The van der Waals surface area contributed by atoms with Gasteiger partial charge in [0.1, 0.15) is 6.04 Å². The molecule has 1 fully saturated rings. The summed E-state index contributed by atoms with van der Waals surface area (Å²) in [5.74, 6) is 0.0714. The van der Waals surface area contributed by atoms with Gasteiger partial charge >= 0.3 is 0 Å². The lowest BCUT2D eigenvalue weighted by Crippen LogP contribution is -2.52. The van der Waals surface area contributed by atoms with E-state index in [0.717, 1.165) is 12.1 Å². The number of hydrogen-bond acceptors (Lipinski definition) is 3. The van der Waals surface area contributed by atoms with Crippen molar-refractivity contribution in [1.29, 1.82) is 0 Å². The van der Waals surface area contributed by atoms with Crippen molar-refractivity contribution in [3.8, 4) is 0 Å². The van der Waals surface area contributed by atoms with Gasteiger partial charge < -0.3 is 15.0 Å². The number of nitrogens with one attached hydrogen (secondary N) is 1. The fourth-order valence-electron chi connectivity index (χ4n) is 2.12. The predicted molar refractivity (Wildman–Crippen MR) is 82.4 cm³/mol. The minimum atomic E-state index is -0.240. The van der Waals surface area contributed by atoms with Gasteiger partial charge in [0.15, 0.2) is 0 Å². The minimum Gasteiger partial charge on any atom is -0.378 e. The topological polar surface area (TPSA) is 41.6 Å². The van der Waals surface area contributed by atoms with E-state index in [9.17, 15) is 4.79 Å². The van der Waals surface area contributed by atoms with Crippen LogP contribution in [-0.4, -0.2) is 43.2 Å². The lowest BCUT2D eigenvalue weighted by molar-refractivity contribution is -0.136. The van der Waals surface area contributed by atoms with E-state index in [1.54, 1.807) is 4.90 Å². The number of amides is 1. The number of benzene rings is 1. The van der Waals surface area contributed by atoms with E-state index in [1.807, 2.05) is 31.2 Å². The number of morpholine rings is 1. The molecule has 0 aromatic heterocycles. The zero-order valence-corrected chi connectivity index (χ0v) is 13.0. The van der Waals surface area contributed by atoms with Crippen LogP contribution in [-0.2, 0) is 16.1 Å². The average Bonchev–Trinajstić information content (AvgIpc) is 2.47. The van der Waals surface area contributed by atoms with Gasteiger partial charge in [0, 0.05) is 24.7 Å². The van der Waals surface area contributed by atoms with Gasteiger partial charge in [0.25, 0.3) is 0 Å². The number of nitrogens with zero attached hydrogens (tertiary/aromatic N) is 1. The Morgan fingerprint density at radius 2 is 2.25 bits per heavy atom. The van der Waals surface area contributed by atoms with Crippen LogP contribution in [0.15, 0.2) is 24.3 Å². The van der Waals surface area contributed by atoms with Crippen molar-refractivity contribution in [3.63, 3.8) is 0 Å². The monoisotopic (exact) mass is 318 g/mol. The highest BCUT2D eigenvalue weighted by Gasteiger charge is 2.25. The fraction of sp³-hybridized carbons (Fsp3) is 0.500. The number of hydrogen-bond donors (Lipinski definition) is 1. The number of rotatable bonds is 4. The summed E-state index contributed by atoms with van der Waals surface area (Å²) in [6.07, 6.45) is 0. The third kappa shape index (κ3) is 4.35. The molecular weight excluding hydrogens is 299 g/mol. The third-order valence-electron chi connectivity index (χ3n) is 3.23. The fourth-order valence-corrected chi connectivity index (χ4v) is 2.32. The number of halogens is 2. The maximum atomic E-state index is 12.4. The molecule has 0 radical (unpaired) electrons. The molecule has 4 nitrogen and oxygen atoms in total. The van der Waals surface area contributed by atoms with Crippen LogP contribution in [0, 0.1) is 0 Å². The SMILES string of the molecule is CCN(Cc1ccccc1Cl)C(=O)C1COCCN1.Cl. The molecule has 1 heterocycles. The van der Waals surface area contributed by atoms with Gasteiger partial charge in [-0.25, -0.2) is 0 Å². The van der Waals surface area contributed by atoms with Crippen LogP contribution in [0.2, 0.25) is 5.02 Å². The first-order chi connectivity index (χ1) is 9.22. The molecule has 2 rings (SSSR count). The molecule has 1 aliphatic rings. The van der Waals surface area contributed by atoms with Crippen LogP contribution in [0.4, 0.5) is 0 Å². The number of carbonyl (C=O) groups is 1. The van der Waals surface area contributed by atoms with Gasteiger partial charge in [-0.05, 0) is 18.6 Å². The molecule has 1 aromatic carbocycles. The Kier molecular flexibility index (Phi) is 7.30. The Morgan fingerprint density at radius 1 is 1.50 bits per heavy atom. The van der Waals surface area contributed by atoms with Crippen LogP contribution in [0.3, 0.4) is 0 Å². The summed E-state index contributed by atoms with van der Waals surface area (Å²) in [6.45, 7) is 4.99. The second-order valence-electron chi connectivity index (χ2n) is 4.53. The van der Waals surface area contributed by atoms with Crippen LogP contribution < -0.4 is 5.32 Å². The summed E-state index contributed by atoms with van der Waals surface area (Å²) in [6, 6.07) is 7.37. The zero-order chi connectivity index (χ0) is 13.7. The van der Waals surface area contributed by atoms with Crippen molar-refractivity contribution in [2.24, 2.45) is 0 Å². The summed E-state index contributed by atoms with van der Waals surface area (Å²) in [7, 11) is 0. The molecule has 20 heavy (non-hydrogen) atoms. The normalized spacial score (nSPS) is 18.2. The Labute approximate surface area is 130 Å². The molecule has 1 atom stereocenters. The second kappa shape index (κ2) is 8.47. The highest BCUT2D eigenvalue weighted by atomic mass is 35.5. The van der Waals surface area contributed by atoms with Crippen molar-refractivity contribution in [3.05, 3.63) is 34.9 Å². The molecule has 0 aliphatic carbocycles. The van der Waals surface area contributed by atoms with Crippen molar-refractivity contribution in [2.45, 2.75) is 19.5 Å². The number of carbonyl (C=O) groups excluding carboxylic acids is 1. The van der Waals surface area contributed by atoms with E-state index in [2.05, 4.69) is 5.32 Å². The summed E-state index contributed by atoms with van der Waals surface area (Å²) in [5, 5.41) is 3.88. The van der Waals surface area contributed by atoms with Crippen molar-refractivity contribution < 1.29 is 9.53 Å². The van der Waals surface area contributed by atoms with Crippen molar-refractivity contribution in [1.82, 2.24) is 10.2 Å². The lowest BCUT2D eigenvalue weighted by atomic mass is 10.1. The molecule has 0 bridgehead atoms. The van der Waals surface area contributed by atoms with Gasteiger partial charge in [-0.3, -0.25) is 4.79 Å². The van der Waals surface area contributed by atoms with Crippen LogP contribution in [0.1, 0.15) is 12.5 Å². The largest absolute Gasteiger partial charge is 0.378 e. The molecule has 112 valence electrons. The molecule has 0 spiro atoms. The predicted octanol–water partition coefficient (Wildman–Crippen LogP) is 2.10. The minimum absolute atomic E-state index is 0. The first-order valence-electron chi connectivity index (χ1n) is 6.55. The smallest absolute Gasteiger partial charge is 0.242 e. The number of ether oxygens (including phenoxy) is 1. The molecule has 1 N–H and O–H groups in total.